The van der Waals surface area contributed by atoms with Gasteiger partial charge in [-0.25, -0.2) is 4.79 Å². The molecule has 4 unspecified atom stereocenters. The van der Waals surface area contributed by atoms with Crippen molar-refractivity contribution < 1.29 is 34.2 Å². The van der Waals surface area contributed by atoms with Gasteiger partial charge in [0, 0.05) is 0 Å². The van der Waals surface area contributed by atoms with E-state index in [4.69, 9.17) is 16.6 Å². The van der Waals surface area contributed by atoms with Crippen LogP contribution in [0.5, 0.6) is 5.75 Å². The predicted molar refractivity (Wildman–Crippen MR) is 118 cm³/mol. The lowest BCUT2D eigenvalue weighted by atomic mass is 9.97. The maximum atomic E-state index is 12.6. The van der Waals surface area contributed by atoms with Crippen molar-refractivity contribution in [2.24, 2.45) is 17.4 Å². The van der Waals surface area contributed by atoms with Gasteiger partial charge in [-0.3, -0.25) is 19.2 Å². The van der Waals surface area contributed by atoms with Crippen LogP contribution < -0.4 is 27.4 Å². The van der Waals surface area contributed by atoms with E-state index in [-0.39, 0.29) is 18.1 Å². The highest BCUT2D eigenvalue weighted by Gasteiger charge is 2.29. The van der Waals surface area contributed by atoms with Crippen molar-refractivity contribution in [2.45, 2.75) is 51.2 Å². The van der Waals surface area contributed by atoms with E-state index in [0.717, 1.165) is 5.56 Å². The van der Waals surface area contributed by atoms with Crippen LogP contribution in [0.1, 0.15) is 32.3 Å². The van der Waals surface area contributed by atoms with Gasteiger partial charge in [0.25, 0.3) is 0 Å². The van der Waals surface area contributed by atoms with Crippen LogP contribution in [0.4, 0.5) is 0 Å². The molecule has 0 heterocycles. The Morgan fingerprint density at radius 1 is 1.03 bits per heavy atom. The van der Waals surface area contributed by atoms with Crippen LogP contribution >= 0.6 is 0 Å². The molecule has 0 saturated heterocycles. The molecule has 0 aliphatic heterocycles. The van der Waals surface area contributed by atoms with Crippen LogP contribution in [-0.2, 0) is 30.4 Å². The normalized spacial score (nSPS) is 14.3. The van der Waals surface area contributed by atoms with Crippen LogP contribution in [0, 0.1) is 5.92 Å². The molecule has 0 fully saturated rings. The minimum atomic E-state index is -1.52. The van der Waals surface area contributed by atoms with E-state index in [1.165, 1.54) is 12.1 Å². The van der Waals surface area contributed by atoms with E-state index in [2.05, 4.69) is 16.0 Å². The molecule has 12 heteroatoms. The molecule has 1 aromatic rings. The highest BCUT2D eigenvalue weighted by atomic mass is 16.4. The summed E-state index contributed by atoms with van der Waals surface area (Å²) in [6.45, 7) is 2.99. The highest BCUT2D eigenvalue weighted by molar-refractivity contribution is 5.93. The van der Waals surface area contributed by atoms with Gasteiger partial charge in [0.1, 0.15) is 17.8 Å². The van der Waals surface area contributed by atoms with Gasteiger partial charge < -0.3 is 37.6 Å². The van der Waals surface area contributed by atoms with Crippen LogP contribution in [0.3, 0.4) is 0 Å². The van der Waals surface area contributed by atoms with Crippen LogP contribution in [0.25, 0.3) is 0 Å². The second-order valence-corrected chi connectivity index (χ2v) is 7.70. The summed E-state index contributed by atoms with van der Waals surface area (Å²) in [7, 11) is 0. The summed E-state index contributed by atoms with van der Waals surface area (Å²) in [6, 6.07) is 2.74. The van der Waals surface area contributed by atoms with Crippen molar-refractivity contribution >= 4 is 29.6 Å². The summed E-state index contributed by atoms with van der Waals surface area (Å²) < 4.78 is 0. The van der Waals surface area contributed by atoms with E-state index in [0.29, 0.717) is 6.42 Å². The third kappa shape index (κ3) is 9.56. The molecule has 33 heavy (non-hydrogen) atoms. The first kappa shape index (κ1) is 27.4. The number of hydrogen-bond donors (Lipinski definition) is 7. The molecule has 182 valence electrons. The van der Waals surface area contributed by atoms with E-state index < -0.39 is 60.7 Å². The Kier molecular flexibility index (Phi) is 10.8. The van der Waals surface area contributed by atoms with E-state index in [1.807, 2.05) is 6.92 Å². The van der Waals surface area contributed by atoms with Gasteiger partial charge in [-0.15, -0.1) is 0 Å². The highest BCUT2D eigenvalue weighted by Crippen LogP contribution is 2.12. The minimum Gasteiger partial charge on any atom is -0.508 e. The molecular formula is C21H31N5O7. The minimum absolute atomic E-state index is 0.0821. The summed E-state index contributed by atoms with van der Waals surface area (Å²) >= 11 is 0. The maximum Gasteiger partial charge on any atom is 0.326 e. The SMILES string of the molecule is CCC(C)C(NC(=O)C(N)Cc1ccc(O)cc1)C(=O)NCC(=O)NC(CC(N)=O)C(=O)O. The standard InChI is InChI=1S/C21H31N5O7/c1-3-11(2)18(26-19(30)14(22)8-12-4-6-13(27)7-5-12)20(31)24-10-17(29)25-15(21(32)33)9-16(23)28/h4-7,11,14-15,18,27H,3,8-10,22H2,1-2H3,(H2,23,28)(H,24,31)(H,25,29)(H,26,30)(H,32,33). The third-order valence-corrected chi connectivity index (χ3v) is 4.98. The number of nitrogens with one attached hydrogen (secondary N) is 3. The van der Waals surface area contributed by atoms with E-state index >= 15 is 0 Å². The number of carboxylic acid groups (broad SMARTS) is 1. The fraction of sp³-hybridized carbons (Fsp3) is 0.476. The third-order valence-electron chi connectivity index (χ3n) is 4.98. The molecule has 0 spiro atoms. The van der Waals surface area contributed by atoms with E-state index in [1.54, 1.807) is 19.1 Å². The maximum absolute atomic E-state index is 12.6. The Hall–Kier alpha value is -3.67. The monoisotopic (exact) mass is 465 g/mol. The molecule has 4 amide bonds. The Balaban J connectivity index is 2.71. The molecular weight excluding hydrogens is 434 g/mol. The van der Waals surface area contributed by atoms with Gasteiger partial charge >= 0.3 is 5.97 Å². The van der Waals surface area contributed by atoms with Crippen molar-refractivity contribution in [3.63, 3.8) is 0 Å². The molecule has 0 aromatic heterocycles. The number of phenols is 1. The van der Waals surface area contributed by atoms with Crippen molar-refractivity contribution in [3.8, 4) is 5.75 Å². The lowest BCUT2D eigenvalue weighted by Crippen LogP contribution is -2.56. The first-order valence-corrected chi connectivity index (χ1v) is 10.4. The molecule has 1 aromatic carbocycles. The van der Waals surface area contributed by atoms with Gasteiger partial charge in [-0.2, -0.15) is 0 Å². The van der Waals surface area contributed by atoms with Crippen molar-refractivity contribution in [2.75, 3.05) is 6.54 Å². The molecule has 0 aliphatic rings. The molecule has 9 N–H and O–H groups in total. The summed E-state index contributed by atoms with van der Waals surface area (Å²) in [5.41, 5.74) is 11.6. The first-order chi connectivity index (χ1) is 15.4. The molecule has 1 rings (SSSR count). The van der Waals surface area contributed by atoms with Crippen LogP contribution in [0.2, 0.25) is 0 Å². The fourth-order valence-electron chi connectivity index (χ4n) is 2.86. The number of rotatable bonds is 13. The summed E-state index contributed by atoms with van der Waals surface area (Å²) in [4.78, 5) is 59.2. The Bertz CT molecular complexity index is 859. The Labute approximate surface area is 191 Å². The second-order valence-electron chi connectivity index (χ2n) is 7.70. The molecule has 0 bridgehead atoms. The average Bonchev–Trinajstić information content (AvgIpc) is 2.75. The fourth-order valence-corrected chi connectivity index (χ4v) is 2.86. The number of phenolic OH excluding ortho intramolecular Hbond substituents is 1. The zero-order chi connectivity index (χ0) is 25.1. The zero-order valence-corrected chi connectivity index (χ0v) is 18.5. The number of hydrogen-bond acceptors (Lipinski definition) is 7. The van der Waals surface area contributed by atoms with Crippen LogP contribution in [-0.4, -0.2) is 64.5 Å². The number of nitrogens with two attached hydrogens (primary N) is 2. The Morgan fingerprint density at radius 2 is 1.64 bits per heavy atom. The van der Waals surface area contributed by atoms with E-state index in [9.17, 15) is 29.1 Å². The molecule has 0 aliphatic carbocycles. The van der Waals surface area contributed by atoms with Crippen molar-refractivity contribution in [1.29, 1.82) is 0 Å². The molecule has 4 atom stereocenters. The number of aromatic hydroxyl groups is 1. The predicted octanol–water partition coefficient (Wildman–Crippen LogP) is -1.65. The smallest absolute Gasteiger partial charge is 0.326 e. The zero-order valence-electron chi connectivity index (χ0n) is 18.5. The van der Waals surface area contributed by atoms with Gasteiger partial charge in [-0.1, -0.05) is 32.4 Å². The van der Waals surface area contributed by atoms with Gasteiger partial charge in [0.15, 0.2) is 0 Å². The second kappa shape index (κ2) is 13.0. The number of benzene rings is 1. The van der Waals surface area contributed by atoms with Gasteiger partial charge in [0.05, 0.1) is 19.0 Å². The van der Waals surface area contributed by atoms with Crippen molar-refractivity contribution in [1.82, 2.24) is 16.0 Å². The van der Waals surface area contributed by atoms with Gasteiger partial charge in [0.2, 0.25) is 23.6 Å². The number of carbonyl (C=O) groups is 5. The number of carboxylic acids is 1. The van der Waals surface area contributed by atoms with Crippen molar-refractivity contribution in [3.05, 3.63) is 29.8 Å². The average molecular weight is 466 g/mol. The molecule has 0 radical (unpaired) electrons. The number of aliphatic carboxylic acids is 1. The quantitative estimate of drug-likeness (QED) is 0.179. The number of amides is 4. The topological polar surface area (TPSA) is 214 Å². The largest absolute Gasteiger partial charge is 0.508 e. The van der Waals surface area contributed by atoms with Crippen LogP contribution in [0.15, 0.2) is 24.3 Å². The summed E-state index contributed by atoms with van der Waals surface area (Å²) in [5.74, 6) is -4.61. The van der Waals surface area contributed by atoms with Gasteiger partial charge in [-0.05, 0) is 30.0 Å². The summed E-state index contributed by atoms with van der Waals surface area (Å²) in [5, 5.41) is 25.4. The molecule has 12 nitrogen and oxygen atoms in total. The summed E-state index contributed by atoms with van der Waals surface area (Å²) in [6.07, 6.45) is 0.122. The first-order valence-electron chi connectivity index (χ1n) is 10.4. The number of primary amides is 1. The lowest BCUT2D eigenvalue weighted by Gasteiger charge is -2.25. The number of carbonyl (C=O) groups excluding carboxylic acids is 4. The lowest BCUT2D eigenvalue weighted by molar-refractivity contribution is -0.143. The Morgan fingerprint density at radius 3 is 2.15 bits per heavy atom. The molecule has 0 saturated carbocycles.